The van der Waals surface area contributed by atoms with Gasteiger partial charge in [0.15, 0.2) is 0 Å². The molecule has 4 heteroatoms. The van der Waals surface area contributed by atoms with E-state index in [0.717, 1.165) is 11.8 Å². The number of hydrogen-bond donors (Lipinski definition) is 0. The van der Waals surface area contributed by atoms with Gasteiger partial charge in [-0.2, -0.15) is 12.5 Å². The first-order valence-electron chi connectivity index (χ1n) is 7.75. The second-order valence-corrected chi connectivity index (χ2v) is 8.37. The molecule has 24 heavy (non-hydrogen) atoms. The Labute approximate surface area is 179 Å². The summed E-state index contributed by atoms with van der Waals surface area (Å²) in [6, 6.07) is 13.2. The number of hydrogen-bond acceptors (Lipinski definition) is 0. The average molecular weight is 457 g/mol. The summed E-state index contributed by atoms with van der Waals surface area (Å²) >= 11 is 0. The van der Waals surface area contributed by atoms with Gasteiger partial charge in [0, 0.05) is 0 Å². The van der Waals surface area contributed by atoms with E-state index in [4.69, 9.17) is 0 Å². The van der Waals surface area contributed by atoms with Crippen molar-refractivity contribution in [1.82, 2.24) is 0 Å². The molecule has 0 nitrogen and oxygen atoms in total. The van der Waals surface area contributed by atoms with Gasteiger partial charge >= 0.3 is 26.2 Å². The van der Waals surface area contributed by atoms with Crippen molar-refractivity contribution < 1.29 is 51.0 Å². The fraction of sp³-hybridized carbons (Fsp3) is 0.300. The topological polar surface area (TPSA) is 0 Å². The Morgan fingerprint density at radius 1 is 1.04 bits per heavy atom. The summed E-state index contributed by atoms with van der Waals surface area (Å²) in [5.74, 6) is 1.62. The number of fused-ring (bicyclic) bond motifs is 2. The first kappa shape index (κ1) is 24.2. The van der Waals surface area contributed by atoms with Crippen LogP contribution in [0.3, 0.4) is 0 Å². The van der Waals surface area contributed by atoms with Gasteiger partial charge in [0.2, 0.25) is 0 Å². The van der Waals surface area contributed by atoms with Gasteiger partial charge in [-0.3, -0.25) is 0 Å². The van der Waals surface area contributed by atoms with Gasteiger partial charge in [0.25, 0.3) is 0 Å². The van der Waals surface area contributed by atoms with Crippen molar-refractivity contribution in [2.75, 3.05) is 13.3 Å². The number of benzene rings is 1. The van der Waals surface area contributed by atoms with Crippen molar-refractivity contribution >= 4 is 24.0 Å². The summed E-state index contributed by atoms with van der Waals surface area (Å²) in [5.41, 5.74) is 0. The van der Waals surface area contributed by atoms with Gasteiger partial charge in [-0.05, 0) is 19.2 Å². The molecule has 0 amide bonds. The molecule has 2 aromatic rings. The van der Waals surface area contributed by atoms with Crippen LogP contribution in [-0.4, -0.2) is 13.3 Å². The Morgan fingerprint density at radius 2 is 1.75 bits per heavy atom. The average Bonchev–Trinajstić information content (AvgIpc) is 3.14. The molecule has 0 N–H and O–H groups in total. The molecule has 0 aliphatic heterocycles. The van der Waals surface area contributed by atoms with E-state index < -0.39 is 0 Å². The minimum atomic E-state index is 0. The van der Waals surface area contributed by atoms with E-state index in [1.165, 1.54) is 28.9 Å². The number of halogens is 2. The van der Waals surface area contributed by atoms with Gasteiger partial charge in [0.1, 0.15) is 0 Å². The Morgan fingerprint density at radius 3 is 2.42 bits per heavy atom. The molecule has 4 rings (SSSR count). The van der Waals surface area contributed by atoms with Crippen molar-refractivity contribution in [2.45, 2.75) is 12.8 Å². The van der Waals surface area contributed by atoms with Crippen LogP contribution in [0.1, 0.15) is 12.8 Å². The predicted octanol–water partition coefficient (Wildman–Crippen LogP) is -0.726. The summed E-state index contributed by atoms with van der Waals surface area (Å²) in [7, 11) is 0.0576. The van der Waals surface area contributed by atoms with Crippen LogP contribution in [0.2, 0.25) is 0 Å². The van der Waals surface area contributed by atoms with E-state index in [9.17, 15) is 0 Å². The minimum absolute atomic E-state index is 0. The maximum Gasteiger partial charge on any atom is 4.00 e. The van der Waals surface area contributed by atoms with Crippen LogP contribution in [0, 0.1) is 18.3 Å². The van der Waals surface area contributed by atoms with Gasteiger partial charge in [-0.25, -0.2) is 0 Å². The molecule has 0 bridgehead atoms. The largest absolute Gasteiger partial charge is 4.00 e. The molecule has 2 aromatic carbocycles. The van der Waals surface area contributed by atoms with Crippen LogP contribution in [0.5, 0.6) is 0 Å². The van der Waals surface area contributed by atoms with Crippen molar-refractivity contribution in [2.24, 2.45) is 11.8 Å². The summed E-state index contributed by atoms with van der Waals surface area (Å²) in [6.07, 6.45) is 14.1. The standard InChI is InChI=1S/C11H12P.C9H11.2ClH.Zr/c1-12(2)11-7-9-5-3-4-6-10(9)8-11;1-2-5-9-7-3-6-8(9)4-1;;;/h3-8H,1-2H3;1-2,4-6,8-9H,3,7H2;2*1H;/q2*-1;;;+4/p-2. The van der Waals surface area contributed by atoms with Crippen LogP contribution < -0.4 is 30.1 Å². The van der Waals surface area contributed by atoms with E-state index >= 15 is 0 Å². The summed E-state index contributed by atoms with van der Waals surface area (Å²) in [5, 5.41) is 4.26. The quantitative estimate of drug-likeness (QED) is 0.393. The SMILES string of the molecule is C1=CC2[CH-]CCC2C=C1.CP(C)c1cc2ccccc2[cH-]1.[Cl-].[Cl-].[Zr+4]. The maximum atomic E-state index is 2.42. The van der Waals surface area contributed by atoms with Crippen LogP contribution in [0.4, 0.5) is 0 Å². The third-order valence-corrected chi connectivity index (χ3v) is 5.65. The van der Waals surface area contributed by atoms with Crippen LogP contribution >= 0.6 is 7.92 Å². The zero-order valence-electron chi connectivity index (χ0n) is 14.1. The van der Waals surface area contributed by atoms with E-state index in [1.54, 1.807) is 0 Å². The number of rotatable bonds is 1. The first-order valence-corrected chi connectivity index (χ1v) is 9.99. The third-order valence-electron chi connectivity index (χ3n) is 4.36. The monoisotopic (exact) mass is 454 g/mol. The molecule has 126 valence electrons. The third kappa shape index (κ3) is 6.18. The van der Waals surface area contributed by atoms with E-state index in [1.807, 2.05) is 0 Å². The summed E-state index contributed by atoms with van der Waals surface area (Å²) in [6.45, 7) is 4.59. The zero-order chi connectivity index (χ0) is 14.7. The molecule has 2 aliphatic carbocycles. The molecule has 0 saturated heterocycles. The molecule has 2 atom stereocenters. The first-order chi connectivity index (χ1) is 10.2. The zero-order valence-corrected chi connectivity index (χ0v) is 19.0. The maximum absolute atomic E-state index is 2.42. The van der Waals surface area contributed by atoms with Crippen LogP contribution in [0.15, 0.2) is 60.7 Å². The number of allylic oxidation sites excluding steroid dienone is 4. The Bertz CT molecular complexity index is 609. The molecule has 0 aromatic heterocycles. The fourth-order valence-corrected chi connectivity index (χ4v) is 3.88. The molecule has 0 heterocycles. The Hall–Kier alpha value is 0.203. The molecule has 1 fully saturated rings. The second-order valence-electron chi connectivity index (χ2n) is 6.06. The Balaban J connectivity index is 0.000000402. The van der Waals surface area contributed by atoms with E-state index in [0.29, 0.717) is 0 Å². The van der Waals surface area contributed by atoms with Gasteiger partial charge < -0.3 is 31.2 Å². The van der Waals surface area contributed by atoms with Crippen molar-refractivity contribution in [3.63, 3.8) is 0 Å². The van der Waals surface area contributed by atoms with Crippen molar-refractivity contribution in [1.29, 1.82) is 0 Å². The molecular formula is C20H23Cl2PZr. The molecule has 0 spiro atoms. The molecular weight excluding hydrogens is 433 g/mol. The van der Waals surface area contributed by atoms with Gasteiger partial charge in [-0.15, -0.1) is 60.3 Å². The van der Waals surface area contributed by atoms with Gasteiger partial charge in [-0.1, -0.05) is 30.7 Å². The Kier molecular flexibility index (Phi) is 11.8. The predicted molar refractivity (Wildman–Crippen MR) is 96.7 cm³/mol. The van der Waals surface area contributed by atoms with E-state index in [-0.39, 0.29) is 58.9 Å². The van der Waals surface area contributed by atoms with Crippen LogP contribution in [0.25, 0.3) is 10.8 Å². The van der Waals surface area contributed by atoms with Gasteiger partial charge in [0.05, 0.1) is 0 Å². The van der Waals surface area contributed by atoms with E-state index in [2.05, 4.69) is 80.5 Å². The minimum Gasteiger partial charge on any atom is -1.00 e. The smallest absolute Gasteiger partial charge is 1.00 e. The van der Waals surface area contributed by atoms with Crippen molar-refractivity contribution in [3.8, 4) is 0 Å². The van der Waals surface area contributed by atoms with Crippen molar-refractivity contribution in [3.05, 3.63) is 67.1 Å². The molecule has 2 unspecified atom stereocenters. The fourth-order valence-electron chi connectivity index (χ4n) is 3.09. The molecule has 2 aliphatic rings. The summed E-state index contributed by atoms with van der Waals surface area (Å²) < 4.78 is 0. The molecule has 0 radical (unpaired) electrons. The normalized spacial score (nSPS) is 20.3. The van der Waals surface area contributed by atoms with Crippen LogP contribution in [-0.2, 0) is 26.2 Å². The summed E-state index contributed by atoms with van der Waals surface area (Å²) in [4.78, 5) is 0. The molecule has 1 saturated carbocycles. The second kappa shape index (κ2) is 11.7.